The van der Waals surface area contributed by atoms with Crippen LogP contribution in [0, 0.1) is 0 Å². The monoisotopic (exact) mass is 352 g/mol. The van der Waals surface area contributed by atoms with Gasteiger partial charge in [-0.25, -0.2) is 0 Å². The Balaban J connectivity index is 0.00000200. The summed E-state index contributed by atoms with van der Waals surface area (Å²) in [7, 11) is 0. The van der Waals surface area contributed by atoms with Crippen molar-refractivity contribution in [1.29, 1.82) is 0 Å². The van der Waals surface area contributed by atoms with Gasteiger partial charge in [-0.15, -0.1) is 12.4 Å². The van der Waals surface area contributed by atoms with Gasteiger partial charge in [-0.1, -0.05) is 29.3 Å². The van der Waals surface area contributed by atoms with Crippen molar-refractivity contribution in [2.75, 3.05) is 13.1 Å². The van der Waals surface area contributed by atoms with Crippen molar-refractivity contribution in [3.05, 3.63) is 38.7 Å². The Morgan fingerprint density at radius 1 is 1.30 bits per heavy atom. The van der Waals surface area contributed by atoms with Gasteiger partial charge >= 0.3 is 0 Å². The van der Waals surface area contributed by atoms with Gasteiger partial charge < -0.3 is 5.73 Å². The third kappa shape index (κ3) is 3.68. The molecule has 0 atom stereocenters. The fraction of sp³-hybridized carbons (Fsp3) is 0.167. The zero-order chi connectivity index (χ0) is 14.0. The molecule has 2 amide bonds. The average Bonchev–Trinajstić information content (AvgIpc) is 2.61. The molecule has 1 saturated heterocycles. The van der Waals surface area contributed by atoms with E-state index in [0.29, 0.717) is 20.5 Å². The molecule has 2 N–H and O–H groups in total. The molecule has 1 aromatic carbocycles. The third-order valence-corrected chi connectivity index (χ3v) is 3.95. The van der Waals surface area contributed by atoms with Crippen molar-refractivity contribution >= 4 is 64.6 Å². The minimum atomic E-state index is -0.341. The lowest BCUT2D eigenvalue weighted by atomic mass is 10.2. The summed E-state index contributed by atoms with van der Waals surface area (Å²) in [5.74, 6) is -0.341. The molecule has 108 valence electrons. The predicted octanol–water partition coefficient (Wildman–Crippen LogP) is 3.41. The number of halogens is 3. The zero-order valence-corrected chi connectivity index (χ0v) is 13.3. The van der Waals surface area contributed by atoms with Gasteiger partial charge in [0.1, 0.15) is 0 Å². The second kappa shape index (κ2) is 7.33. The number of carbonyl (C=O) groups is 2. The molecule has 1 fully saturated rings. The summed E-state index contributed by atoms with van der Waals surface area (Å²) in [4.78, 5) is 25.1. The second-order valence-corrected chi connectivity index (χ2v) is 5.62. The van der Waals surface area contributed by atoms with E-state index in [1.165, 1.54) is 0 Å². The maximum atomic E-state index is 12.0. The maximum Gasteiger partial charge on any atom is 0.293 e. The Morgan fingerprint density at radius 3 is 2.60 bits per heavy atom. The third-order valence-electron chi connectivity index (χ3n) is 2.48. The molecule has 0 bridgehead atoms. The van der Waals surface area contributed by atoms with Gasteiger partial charge in [0.05, 0.1) is 4.91 Å². The molecular formula is C12H11Cl3N2O2S. The summed E-state index contributed by atoms with van der Waals surface area (Å²) in [6, 6.07) is 4.95. The van der Waals surface area contributed by atoms with E-state index < -0.39 is 0 Å². The topological polar surface area (TPSA) is 63.4 Å². The Kier molecular flexibility index (Phi) is 6.36. The van der Waals surface area contributed by atoms with E-state index >= 15 is 0 Å². The highest BCUT2D eigenvalue weighted by Gasteiger charge is 2.34. The number of rotatable bonds is 3. The predicted molar refractivity (Wildman–Crippen MR) is 85.4 cm³/mol. The number of imide groups is 1. The van der Waals surface area contributed by atoms with Gasteiger partial charge in [-0.3, -0.25) is 14.5 Å². The highest BCUT2D eigenvalue weighted by Crippen LogP contribution is 2.33. The van der Waals surface area contributed by atoms with E-state index in [-0.39, 0.29) is 36.6 Å². The summed E-state index contributed by atoms with van der Waals surface area (Å²) in [5.41, 5.74) is 6.00. The van der Waals surface area contributed by atoms with Gasteiger partial charge in [0.15, 0.2) is 0 Å². The van der Waals surface area contributed by atoms with Crippen molar-refractivity contribution in [3.8, 4) is 0 Å². The number of hydrogen-bond acceptors (Lipinski definition) is 4. The van der Waals surface area contributed by atoms with E-state index in [2.05, 4.69) is 0 Å². The molecule has 1 aromatic rings. The quantitative estimate of drug-likeness (QED) is 0.846. The fourth-order valence-electron chi connectivity index (χ4n) is 1.58. The van der Waals surface area contributed by atoms with Crippen LogP contribution in [-0.2, 0) is 4.79 Å². The zero-order valence-electron chi connectivity index (χ0n) is 10.1. The molecule has 8 heteroatoms. The van der Waals surface area contributed by atoms with Crippen LogP contribution in [0.25, 0.3) is 6.08 Å². The molecule has 0 unspecified atom stereocenters. The van der Waals surface area contributed by atoms with Crippen molar-refractivity contribution < 1.29 is 9.59 Å². The van der Waals surface area contributed by atoms with Crippen LogP contribution in [0.3, 0.4) is 0 Å². The van der Waals surface area contributed by atoms with Crippen molar-refractivity contribution in [2.45, 2.75) is 0 Å². The summed E-state index contributed by atoms with van der Waals surface area (Å²) < 4.78 is 0. The van der Waals surface area contributed by atoms with Gasteiger partial charge in [-0.2, -0.15) is 0 Å². The van der Waals surface area contributed by atoms with Crippen LogP contribution in [0.4, 0.5) is 4.79 Å². The fourth-order valence-corrected chi connectivity index (χ4v) is 2.90. The molecule has 1 heterocycles. The average molecular weight is 354 g/mol. The Hall–Kier alpha value is -0.720. The lowest BCUT2D eigenvalue weighted by molar-refractivity contribution is -0.122. The number of nitrogens with two attached hydrogens (primary N) is 1. The van der Waals surface area contributed by atoms with Crippen molar-refractivity contribution in [3.63, 3.8) is 0 Å². The van der Waals surface area contributed by atoms with Crippen LogP contribution in [0.15, 0.2) is 23.1 Å². The lowest BCUT2D eigenvalue weighted by Gasteiger charge is -2.09. The number of benzene rings is 1. The summed E-state index contributed by atoms with van der Waals surface area (Å²) in [5, 5.41) is 0.628. The molecule has 0 saturated carbocycles. The highest BCUT2D eigenvalue weighted by atomic mass is 35.5. The smallest absolute Gasteiger partial charge is 0.293 e. The minimum absolute atomic E-state index is 0. The van der Waals surface area contributed by atoms with E-state index in [4.69, 9.17) is 28.9 Å². The molecule has 0 aromatic heterocycles. The van der Waals surface area contributed by atoms with E-state index in [1.807, 2.05) is 0 Å². The molecule has 2 rings (SSSR count). The lowest BCUT2D eigenvalue weighted by Crippen LogP contribution is -2.33. The highest BCUT2D eigenvalue weighted by molar-refractivity contribution is 8.18. The standard InChI is InChI=1S/C12H10Cl2N2O2S.ClH/c13-8-2-1-7(9(14)6-8)5-10-11(17)16(4-3-15)12(18)19-10;/h1-2,5-6H,3-4,15H2;1H/b10-5-;. The summed E-state index contributed by atoms with van der Waals surface area (Å²) >= 11 is 12.7. The molecule has 0 aliphatic carbocycles. The number of thioether (sulfide) groups is 1. The number of nitrogens with zero attached hydrogens (tertiary/aromatic N) is 1. The van der Waals surface area contributed by atoms with Crippen molar-refractivity contribution in [2.24, 2.45) is 5.73 Å². The molecule has 1 aliphatic heterocycles. The largest absolute Gasteiger partial charge is 0.329 e. The SMILES string of the molecule is Cl.NCCN1C(=O)S/C(=C\c2ccc(Cl)cc2Cl)C1=O. The first-order chi connectivity index (χ1) is 9.02. The first-order valence-corrected chi connectivity index (χ1v) is 7.00. The maximum absolute atomic E-state index is 12.0. The van der Waals surface area contributed by atoms with Crippen LogP contribution in [-0.4, -0.2) is 29.1 Å². The van der Waals surface area contributed by atoms with E-state index in [0.717, 1.165) is 16.7 Å². The first kappa shape index (κ1) is 17.3. The summed E-state index contributed by atoms with van der Waals surface area (Å²) in [6.07, 6.45) is 1.58. The van der Waals surface area contributed by atoms with Gasteiger partial charge in [0.2, 0.25) is 0 Å². The second-order valence-electron chi connectivity index (χ2n) is 3.79. The first-order valence-electron chi connectivity index (χ1n) is 5.43. The molecule has 4 nitrogen and oxygen atoms in total. The van der Waals surface area contributed by atoms with Crippen LogP contribution >= 0.6 is 47.4 Å². The Bertz CT molecular complexity index is 578. The molecule has 0 spiro atoms. The van der Waals surface area contributed by atoms with E-state index in [9.17, 15) is 9.59 Å². The van der Waals surface area contributed by atoms with Crippen LogP contribution in [0.5, 0.6) is 0 Å². The van der Waals surface area contributed by atoms with Crippen LogP contribution in [0.2, 0.25) is 10.0 Å². The molecule has 1 aliphatic rings. The van der Waals surface area contributed by atoms with Crippen molar-refractivity contribution in [1.82, 2.24) is 4.90 Å². The number of carbonyl (C=O) groups excluding carboxylic acids is 2. The van der Waals surface area contributed by atoms with Gasteiger partial charge in [0, 0.05) is 23.1 Å². The summed E-state index contributed by atoms with van der Waals surface area (Å²) in [6.45, 7) is 0.462. The minimum Gasteiger partial charge on any atom is -0.329 e. The van der Waals surface area contributed by atoms with Crippen LogP contribution in [0.1, 0.15) is 5.56 Å². The van der Waals surface area contributed by atoms with Gasteiger partial charge in [-0.05, 0) is 35.5 Å². The number of hydrogen-bond donors (Lipinski definition) is 1. The Labute approximate surface area is 136 Å². The Morgan fingerprint density at radius 2 is 2.00 bits per heavy atom. The molecule has 0 radical (unpaired) electrons. The van der Waals surface area contributed by atoms with Crippen LogP contribution < -0.4 is 5.73 Å². The van der Waals surface area contributed by atoms with Gasteiger partial charge in [0.25, 0.3) is 11.1 Å². The van der Waals surface area contributed by atoms with E-state index in [1.54, 1.807) is 24.3 Å². The number of amides is 2. The molecule has 20 heavy (non-hydrogen) atoms. The molecular weight excluding hydrogens is 343 g/mol. The normalized spacial score (nSPS) is 16.8.